The van der Waals surface area contributed by atoms with Gasteiger partial charge in [0.2, 0.25) is 11.8 Å². The molecule has 108 valence electrons. The van der Waals surface area contributed by atoms with Crippen LogP contribution in [-0.4, -0.2) is 54.3 Å². The van der Waals surface area contributed by atoms with E-state index < -0.39 is 0 Å². The third kappa shape index (κ3) is 4.20. The van der Waals surface area contributed by atoms with Crippen LogP contribution in [0.4, 0.5) is 0 Å². The van der Waals surface area contributed by atoms with Crippen LogP contribution >= 0.6 is 0 Å². The van der Waals surface area contributed by atoms with Crippen LogP contribution in [0.25, 0.3) is 0 Å². The molecule has 19 heavy (non-hydrogen) atoms. The second-order valence-corrected chi connectivity index (χ2v) is 5.75. The minimum atomic E-state index is -0.223. The molecule has 0 aromatic heterocycles. The third-order valence-corrected chi connectivity index (χ3v) is 4.31. The van der Waals surface area contributed by atoms with E-state index >= 15 is 0 Å². The van der Waals surface area contributed by atoms with Crippen molar-refractivity contribution in [1.82, 2.24) is 9.80 Å². The van der Waals surface area contributed by atoms with Crippen molar-refractivity contribution in [2.75, 3.05) is 32.7 Å². The fraction of sp³-hybridized carbons (Fsp3) is 0.857. The molecule has 0 unspecified atom stereocenters. The van der Waals surface area contributed by atoms with E-state index in [1.54, 1.807) is 0 Å². The summed E-state index contributed by atoms with van der Waals surface area (Å²) in [6.45, 7) is 3.99. The minimum absolute atomic E-state index is 0.0396. The molecule has 2 rings (SSSR count). The van der Waals surface area contributed by atoms with Crippen LogP contribution in [0.15, 0.2) is 0 Å². The summed E-state index contributed by atoms with van der Waals surface area (Å²) in [5.74, 6) is -0.0494. The molecular weight excluding hydrogens is 242 g/mol. The molecule has 0 aliphatic carbocycles. The molecule has 0 aromatic rings. The fourth-order valence-electron chi connectivity index (χ4n) is 3.00. The first kappa shape index (κ1) is 14.3. The maximum absolute atomic E-state index is 12.2. The Bertz CT molecular complexity index is 317. The number of carbonyl (C=O) groups is 2. The lowest BCUT2D eigenvalue weighted by Crippen LogP contribution is -2.46. The van der Waals surface area contributed by atoms with Crippen molar-refractivity contribution in [3.63, 3.8) is 0 Å². The molecule has 2 amide bonds. The zero-order valence-corrected chi connectivity index (χ0v) is 11.6. The molecule has 2 N–H and O–H groups in total. The molecule has 2 fully saturated rings. The van der Waals surface area contributed by atoms with Gasteiger partial charge < -0.3 is 10.6 Å². The number of likely N-dealkylation sites (tertiary alicyclic amines) is 2. The van der Waals surface area contributed by atoms with Gasteiger partial charge in [0.25, 0.3) is 0 Å². The molecule has 0 aromatic carbocycles. The quantitative estimate of drug-likeness (QED) is 0.813. The van der Waals surface area contributed by atoms with Gasteiger partial charge in [0.15, 0.2) is 0 Å². The van der Waals surface area contributed by atoms with Crippen LogP contribution in [-0.2, 0) is 9.59 Å². The standard InChI is InChI=1S/C14H25N3O2/c15-14(19)12-5-9-17(10-6-12)13(18)11-16-7-3-1-2-4-8-16/h12H,1-11H2,(H2,15,19). The van der Waals surface area contributed by atoms with Gasteiger partial charge in [0.1, 0.15) is 0 Å². The largest absolute Gasteiger partial charge is 0.369 e. The molecule has 2 aliphatic heterocycles. The first-order valence-corrected chi connectivity index (χ1v) is 7.46. The zero-order valence-electron chi connectivity index (χ0n) is 11.6. The normalized spacial score (nSPS) is 23.1. The number of nitrogens with zero attached hydrogens (tertiary/aromatic N) is 2. The highest BCUT2D eigenvalue weighted by atomic mass is 16.2. The molecule has 0 bridgehead atoms. The summed E-state index contributed by atoms with van der Waals surface area (Å²) >= 11 is 0. The monoisotopic (exact) mass is 267 g/mol. The number of amides is 2. The second-order valence-electron chi connectivity index (χ2n) is 5.75. The Morgan fingerprint density at radius 1 is 0.947 bits per heavy atom. The Hall–Kier alpha value is -1.10. The highest BCUT2D eigenvalue weighted by Gasteiger charge is 2.26. The van der Waals surface area contributed by atoms with Crippen LogP contribution in [0.3, 0.4) is 0 Å². The molecule has 5 heteroatoms. The SMILES string of the molecule is NC(=O)C1CCN(C(=O)CN2CCCCCC2)CC1. The first-order chi connectivity index (χ1) is 9.16. The summed E-state index contributed by atoms with van der Waals surface area (Å²) in [6.07, 6.45) is 6.43. The Kier molecular flexibility index (Phi) is 5.19. The second kappa shape index (κ2) is 6.89. The molecule has 0 radical (unpaired) electrons. The van der Waals surface area contributed by atoms with Gasteiger partial charge in [-0.2, -0.15) is 0 Å². The summed E-state index contributed by atoms with van der Waals surface area (Å²) < 4.78 is 0. The Balaban J connectivity index is 1.76. The van der Waals surface area contributed by atoms with Gasteiger partial charge in [0, 0.05) is 19.0 Å². The van der Waals surface area contributed by atoms with Crippen molar-refractivity contribution in [3.8, 4) is 0 Å². The van der Waals surface area contributed by atoms with Gasteiger partial charge in [0.05, 0.1) is 6.54 Å². The fourth-order valence-corrected chi connectivity index (χ4v) is 3.00. The third-order valence-electron chi connectivity index (χ3n) is 4.31. The molecule has 5 nitrogen and oxygen atoms in total. The lowest BCUT2D eigenvalue weighted by molar-refractivity contribution is -0.135. The van der Waals surface area contributed by atoms with Crippen molar-refractivity contribution >= 4 is 11.8 Å². The number of carbonyl (C=O) groups excluding carboxylic acids is 2. The smallest absolute Gasteiger partial charge is 0.236 e. The van der Waals surface area contributed by atoms with Crippen LogP contribution in [0.5, 0.6) is 0 Å². The Labute approximate surface area is 115 Å². The molecule has 2 saturated heterocycles. The van der Waals surface area contributed by atoms with E-state index in [1.165, 1.54) is 25.7 Å². The van der Waals surface area contributed by atoms with Gasteiger partial charge in [-0.05, 0) is 38.8 Å². The van der Waals surface area contributed by atoms with Gasteiger partial charge in [-0.15, -0.1) is 0 Å². The molecule has 2 aliphatic rings. The van der Waals surface area contributed by atoms with Gasteiger partial charge in [-0.25, -0.2) is 0 Å². The van der Waals surface area contributed by atoms with Crippen molar-refractivity contribution in [3.05, 3.63) is 0 Å². The van der Waals surface area contributed by atoms with Crippen LogP contribution < -0.4 is 5.73 Å². The average molecular weight is 267 g/mol. The molecule has 2 heterocycles. The van der Waals surface area contributed by atoms with E-state index in [2.05, 4.69) is 4.90 Å². The summed E-state index contributed by atoms with van der Waals surface area (Å²) in [4.78, 5) is 27.5. The Morgan fingerprint density at radius 2 is 1.53 bits per heavy atom. The molecular formula is C14H25N3O2. The summed E-state index contributed by atoms with van der Waals surface area (Å²) in [5.41, 5.74) is 5.30. The maximum Gasteiger partial charge on any atom is 0.236 e. The number of rotatable bonds is 3. The molecule has 0 saturated carbocycles. The summed E-state index contributed by atoms with van der Waals surface area (Å²) in [5, 5.41) is 0. The lowest BCUT2D eigenvalue weighted by Gasteiger charge is -2.32. The van der Waals surface area contributed by atoms with E-state index in [0.29, 0.717) is 19.6 Å². The van der Waals surface area contributed by atoms with E-state index in [0.717, 1.165) is 25.9 Å². The number of primary amides is 1. The molecule has 0 atom stereocenters. The van der Waals surface area contributed by atoms with Crippen molar-refractivity contribution < 1.29 is 9.59 Å². The van der Waals surface area contributed by atoms with E-state index in [-0.39, 0.29) is 17.7 Å². The summed E-state index contributed by atoms with van der Waals surface area (Å²) in [6, 6.07) is 0. The van der Waals surface area contributed by atoms with E-state index in [4.69, 9.17) is 5.73 Å². The van der Waals surface area contributed by atoms with Crippen molar-refractivity contribution in [1.29, 1.82) is 0 Å². The number of hydrogen-bond donors (Lipinski definition) is 1. The highest BCUT2D eigenvalue weighted by molar-refractivity contribution is 5.80. The zero-order chi connectivity index (χ0) is 13.7. The van der Waals surface area contributed by atoms with E-state index in [9.17, 15) is 9.59 Å². The van der Waals surface area contributed by atoms with Crippen molar-refractivity contribution in [2.45, 2.75) is 38.5 Å². The average Bonchev–Trinajstić information content (AvgIpc) is 2.67. The number of hydrogen-bond acceptors (Lipinski definition) is 3. The summed E-state index contributed by atoms with van der Waals surface area (Å²) in [7, 11) is 0. The van der Waals surface area contributed by atoms with Crippen LogP contribution in [0.2, 0.25) is 0 Å². The topological polar surface area (TPSA) is 66.6 Å². The predicted molar refractivity (Wildman–Crippen MR) is 73.4 cm³/mol. The minimum Gasteiger partial charge on any atom is -0.369 e. The lowest BCUT2D eigenvalue weighted by atomic mass is 9.96. The van der Waals surface area contributed by atoms with Crippen LogP contribution in [0.1, 0.15) is 38.5 Å². The highest BCUT2D eigenvalue weighted by Crippen LogP contribution is 2.17. The van der Waals surface area contributed by atoms with Gasteiger partial charge in [-0.3, -0.25) is 14.5 Å². The van der Waals surface area contributed by atoms with E-state index in [1.807, 2.05) is 4.90 Å². The maximum atomic E-state index is 12.2. The van der Waals surface area contributed by atoms with Crippen molar-refractivity contribution in [2.24, 2.45) is 11.7 Å². The number of piperidine rings is 1. The first-order valence-electron chi connectivity index (χ1n) is 7.46. The van der Waals surface area contributed by atoms with Gasteiger partial charge in [-0.1, -0.05) is 12.8 Å². The van der Waals surface area contributed by atoms with Gasteiger partial charge >= 0.3 is 0 Å². The molecule has 0 spiro atoms. The van der Waals surface area contributed by atoms with Crippen LogP contribution in [0, 0.1) is 5.92 Å². The number of nitrogens with two attached hydrogens (primary N) is 1. The predicted octanol–water partition coefficient (Wildman–Crippen LogP) is 0.586. The Morgan fingerprint density at radius 3 is 2.05 bits per heavy atom.